The summed E-state index contributed by atoms with van der Waals surface area (Å²) in [6, 6.07) is 5.18. The number of hydrogen-bond acceptors (Lipinski definition) is 7. The molecule has 33 heavy (non-hydrogen) atoms. The maximum Gasteiger partial charge on any atom is 0.401 e. The summed E-state index contributed by atoms with van der Waals surface area (Å²) in [7, 11) is -4.11. The third-order valence-corrected chi connectivity index (χ3v) is 7.22. The van der Waals surface area contributed by atoms with Gasteiger partial charge in [-0.15, -0.1) is 11.3 Å². The van der Waals surface area contributed by atoms with Gasteiger partial charge in [-0.3, -0.25) is 9.36 Å². The number of rotatable bonds is 8. The molecule has 0 aliphatic rings. The zero-order chi connectivity index (χ0) is 24.5. The predicted octanol–water partition coefficient (Wildman–Crippen LogP) is 6.22. The molecule has 0 saturated heterocycles. The minimum atomic E-state index is -4.11. The average molecular weight is 508 g/mol. The van der Waals surface area contributed by atoms with E-state index in [2.05, 4.69) is 4.74 Å². The van der Waals surface area contributed by atoms with E-state index in [1.54, 1.807) is 0 Å². The first-order valence-electron chi connectivity index (χ1n) is 9.25. The van der Waals surface area contributed by atoms with Gasteiger partial charge in [-0.2, -0.15) is 8.78 Å². The Morgan fingerprint density at radius 1 is 0.879 bits per heavy atom. The Bertz CT molecular complexity index is 1270. The summed E-state index contributed by atoms with van der Waals surface area (Å²) in [5.74, 6) is -14.6. The van der Waals surface area contributed by atoms with Crippen LogP contribution in [-0.4, -0.2) is 24.7 Å². The van der Waals surface area contributed by atoms with Crippen LogP contribution in [0.5, 0.6) is 5.75 Å². The van der Waals surface area contributed by atoms with Crippen LogP contribution < -0.4 is 4.74 Å². The Labute approximate surface area is 187 Å². The van der Waals surface area contributed by atoms with E-state index in [9.17, 15) is 36.1 Å². The van der Waals surface area contributed by atoms with E-state index in [1.165, 1.54) is 38.1 Å². The summed E-state index contributed by atoms with van der Waals surface area (Å²) in [6.45, 7) is 2.97. The van der Waals surface area contributed by atoms with Gasteiger partial charge in [0.2, 0.25) is 34.8 Å². The Morgan fingerprint density at radius 3 is 1.97 bits per heavy atom. The smallest absolute Gasteiger partial charge is 0.401 e. The van der Waals surface area contributed by atoms with Gasteiger partial charge in [-0.05, 0) is 43.5 Å². The van der Waals surface area contributed by atoms with Crippen LogP contribution in [0.1, 0.15) is 33.9 Å². The maximum absolute atomic E-state index is 13.8. The van der Waals surface area contributed by atoms with E-state index in [1.807, 2.05) is 0 Å². The number of halogens is 5. The van der Waals surface area contributed by atoms with Gasteiger partial charge < -0.3 is 13.8 Å². The largest absolute Gasteiger partial charge is 0.416 e. The molecule has 0 radical (unpaired) electrons. The second-order valence-corrected chi connectivity index (χ2v) is 9.29. The van der Waals surface area contributed by atoms with Crippen molar-refractivity contribution >= 4 is 40.5 Å². The van der Waals surface area contributed by atoms with Crippen molar-refractivity contribution in [2.24, 2.45) is 0 Å². The second-order valence-electron chi connectivity index (χ2n) is 6.29. The summed E-state index contributed by atoms with van der Waals surface area (Å²) in [5, 5.41) is 0.287. The highest BCUT2D eigenvalue weighted by Crippen LogP contribution is 2.51. The van der Waals surface area contributed by atoms with Crippen molar-refractivity contribution in [1.29, 1.82) is 0 Å². The molecular formula is C20H14F5O6PS. The van der Waals surface area contributed by atoms with Crippen LogP contribution in [0.15, 0.2) is 24.3 Å². The molecule has 0 N–H and O–H groups in total. The van der Waals surface area contributed by atoms with E-state index < -0.39 is 53.9 Å². The molecule has 2 aromatic carbocycles. The number of carbonyl (C=O) groups is 2. The molecule has 0 spiro atoms. The molecule has 3 aromatic rings. The third-order valence-electron chi connectivity index (χ3n) is 4.18. The molecule has 3 rings (SSSR count). The summed E-state index contributed by atoms with van der Waals surface area (Å²) in [5.41, 5.74) is -0.963. The molecule has 176 valence electrons. The van der Waals surface area contributed by atoms with Crippen LogP contribution in [0, 0.1) is 29.1 Å². The molecule has 0 atom stereocenters. The molecule has 0 unspecified atom stereocenters. The van der Waals surface area contributed by atoms with Gasteiger partial charge in [0.15, 0.2) is 0 Å². The minimum absolute atomic E-state index is 0.0443. The van der Waals surface area contributed by atoms with E-state index in [0.717, 1.165) is 11.3 Å². The quantitative estimate of drug-likeness (QED) is 0.0898. The first-order valence-corrected chi connectivity index (χ1v) is 11.6. The fourth-order valence-electron chi connectivity index (χ4n) is 2.75. The Balaban J connectivity index is 1.94. The second kappa shape index (κ2) is 9.68. The van der Waals surface area contributed by atoms with Crippen LogP contribution >= 0.6 is 18.9 Å². The van der Waals surface area contributed by atoms with Crippen molar-refractivity contribution in [1.82, 2.24) is 0 Å². The van der Waals surface area contributed by atoms with Gasteiger partial charge in [0.05, 0.1) is 13.2 Å². The molecule has 0 fully saturated rings. The topological polar surface area (TPSA) is 78.9 Å². The molecule has 0 bridgehead atoms. The Kier molecular flexibility index (Phi) is 7.32. The van der Waals surface area contributed by atoms with E-state index >= 15 is 0 Å². The number of fused-ring (bicyclic) bond motifs is 1. The fourth-order valence-corrected chi connectivity index (χ4v) is 5.11. The fraction of sp³-hybridized carbons (Fsp3) is 0.200. The molecule has 0 saturated carbocycles. The van der Waals surface area contributed by atoms with Gasteiger partial charge >= 0.3 is 13.6 Å². The summed E-state index contributed by atoms with van der Waals surface area (Å²) < 4.78 is 94.9. The molecule has 1 heterocycles. The number of hydrogen-bond donors (Lipinski definition) is 0. The number of benzene rings is 2. The number of esters is 1. The van der Waals surface area contributed by atoms with Gasteiger partial charge in [-0.1, -0.05) is 0 Å². The van der Waals surface area contributed by atoms with E-state index in [-0.39, 0.29) is 29.0 Å². The minimum Gasteiger partial charge on any atom is -0.416 e. The lowest BCUT2D eigenvalue weighted by molar-refractivity contribution is 0.0721. The molecule has 0 aliphatic carbocycles. The normalized spacial score (nSPS) is 11.7. The van der Waals surface area contributed by atoms with Gasteiger partial charge in [0, 0.05) is 10.3 Å². The van der Waals surface area contributed by atoms with E-state index in [4.69, 9.17) is 9.05 Å². The molecule has 1 aromatic heterocycles. The van der Waals surface area contributed by atoms with Crippen LogP contribution in [0.4, 0.5) is 22.0 Å². The maximum atomic E-state index is 13.8. The standard InChI is InChI=1S/C20H14F5O6PS/c1-3-29-32(28,30-4-2)20(27)9-5-6-11-10(7-9)8-12(33-11)19(26)31-18-16(24)14(22)13(21)15(23)17(18)25/h5-8H,3-4H2,1-2H3. The van der Waals surface area contributed by atoms with Crippen molar-refractivity contribution in [2.75, 3.05) is 13.2 Å². The summed E-state index contributed by atoms with van der Waals surface area (Å²) in [4.78, 5) is 24.7. The molecule has 0 amide bonds. The molecule has 13 heteroatoms. The number of carbonyl (C=O) groups excluding carboxylic acids is 2. The zero-order valence-electron chi connectivity index (χ0n) is 16.9. The Hall–Kier alpha value is -2.66. The third kappa shape index (κ3) is 4.70. The van der Waals surface area contributed by atoms with Crippen molar-refractivity contribution in [3.05, 3.63) is 63.8 Å². The lowest BCUT2D eigenvalue weighted by Gasteiger charge is -2.15. The highest BCUT2D eigenvalue weighted by atomic mass is 32.1. The zero-order valence-corrected chi connectivity index (χ0v) is 18.6. The van der Waals surface area contributed by atoms with Crippen LogP contribution in [0.25, 0.3) is 10.1 Å². The van der Waals surface area contributed by atoms with Gasteiger partial charge in [0.1, 0.15) is 4.88 Å². The summed E-state index contributed by atoms with van der Waals surface area (Å²) >= 11 is 0.772. The van der Waals surface area contributed by atoms with E-state index in [0.29, 0.717) is 4.70 Å². The molecule has 0 aliphatic heterocycles. The predicted molar refractivity (Wildman–Crippen MR) is 108 cm³/mol. The van der Waals surface area contributed by atoms with Crippen molar-refractivity contribution < 1.29 is 49.9 Å². The van der Waals surface area contributed by atoms with Crippen molar-refractivity contribution in [3.63, 3.8) is 0 Å². The van der Waals surface area contributed by atoms with Gasteiger partial charge in [0.25, 0.3) is 5.52 Å². The highest BCUT2D eigenvalue weighted by molar-refractivity contribution is 7.72. The van der Waals surface area contributed by atoms with Crippen LogP contribution in [-0.2, 0) is 13.6 Å². The van der Waals surface area contributed by atoms with Crippen molar-refractivity contribution in [2.45, 2.75) is 13.8 Å². The first kappa shape index (κ1) is 25.0. The lowest BCUT2D eigenvalue weighted by Crippen LogP contribution is -2.12. The SMILES string of the molecule is CCOP(=O)(OCC)C(=O)c1ccc2sc(C(=O)Oc3c(F)c(F)c(F)c(F)c3F)cc2c1. The average Bonchev–Trinajstić information content (AvgIpc) is 3.22. The van der Waals surface area contributed by atoms with Crippen molar-refractivity contribution in [3.8, 4) is 5.75 Å². The number of ether oxygens (including phenoxy) is 1. The lowest BCUT2D eigenvalue weighted by atomic mass is 10.2. The van der Waals surface area contributed by atoms with Gasteiger partial charge in [-0.25, -0.2) is 18.0 Å². The molecular weight excluding hydrogens is 494 g/mol. The molecule has 6 nitrogen and oxygen atoms in total. The first-order chi connectivity index (χ1) is 15.5. The van der Waals surface area contributed by atoms with Crippen LogP contribution in [0.3, 0.4) is 0 Å². The monoisotopic (exact) mass is 508 g/mol. The Morgan fingerprint density at radius 2 is 1.42 bits per heavy atom. The number of thiophene rings is 1. The highest BCUT2D eigenvalue weighted by Gasteiger charge is 2.35. The van der Waals surface area contributed by atoms with Crippen LogP contribution in [0.2, 0.25) is 0 Å². The summed E-state index contributed by atoms with van der Waals surface area (Å²) in [6.07, 6.45) is 0.